The zero-order valence-electron chi connectivity index (χ0n) is 12.4. The standard InChI is InChI=1S/C17H18N2O2/c1-19-16-10-13(21-3)5-4-11(16)8-17(19)14-7-6-12(20-2)9-15(14)18/h4-10H,18H2,1-3H3. The van der Waals surface area contributed by atoms with Gasteiger partial charge in [0.1, 0.15) is 11.5 Å². The number of nitrogens with two attached hydrogens (primary N) is 1. The number of fused-ring (bicyclic) bond motifs is 1. The van der Waals surface area contributed by atoms with E-state index in [2.05, 4.69) is 16.7 Å². The van der Waals surface area contributed by atoms with Gasteiger partial charge < -0.3 is 19.8 Å². The molecule has 4 nitrogen and oxygen atoms in total. The van der Waals surface area contributed by atoms with E-state index in [1.165, 1.54) is 0 Å². The van der Waals surface area contributed by atoms with Crippen molar-refractivity contribution in [1.82, 2.24) is 4.57 Å². The van der Waals surface area contributed by atoms with E-state index in [-0.39, 0.29) is 0 Å². The molecule has 2 N–H and O–H groups in total. The van der Waals surface area contributed by atoms with Gasteiger partial charge in [-0.05, 0) is 30.3 Å². The van der Waals surface area contributed by atoms with Gasteiger partial charge in [0.2, 0.25) is 0 Å². The summed E-state index contributed by atoms with van der Waals surface area (Å²) in [6.07, 6.45) is 0. The molecule has 0 aliphatic carbocycles. The third kappa shape index (κ3) is 2.18. The van der Waals surface area contributed by atoms with Gasteiger partial charge in [-0.1, -0.05) is 0 Å². The topological polar surface area (TPSA) is 49.4 Å². The average Bonchev–Trinajstić information content (AvgIpc) is 2.83. The van der Waals surface area contributed by atoms with Gasteiger partial charge in [0.05, 0.1) is 25.4 Å². The van der Waals surface area contributed by atoms with Crippen molar-refractivity contribution in [1.29, 1.82) is 0 Å². The molecule has 0 atom stereocenters. The fraction of sp³-hybridized carbons (Fsp3) is 0.176. The molecule has 0 saturated heterocycles. The second kappa shape index (κ2) is 5.05. The van der Waals surface area contributed by atoms with Gasteiger partial charge in [0.25, 0.3) is 0 Å². The summed E-state index contributed by atoms with van der Waals surface area (Å²) in [5, 5.41) is 1.16. The lowest BCUT2D eigenvalue weighted by Crippen LogP contribution is -1.96. The van der Waals surface area contributed by atoms with Gasteiger partial charge >= 0.3 is 0 Å². The van der Waals surface area contributed by atoms with Crippen LogP contribution in [0.15, 0.2) is 42.5 Å². The first-order valence-corrected chi connectivity index (χ1v) is 6.71. The number of ether oxygens (including phenoxy) is 2. The van der Waals surface area contributed by atoms with Gasteiger partial charge in [-0.15, -0.1) is 0 Å². The Morgan fingerprint density at radius 2 is 1.57 bits per heavy atom. The first-order chi connectivity index (χ1) is 10.1. The molecule has 0 saturated carbocycles. The molecule has 4 heteroatoms. The number of hydrogen-bond acceptors (Lipinski definition) is 3. The van der Waals surface area contributed by atoms with Crippen molar-refractivity contribution < 1.29 is 9.47 Å². The van der Waals surface area contributed by atoms with Crippen LogP contribution in [0.25, 0.3) is 22.2 Å². The molecular formula is C17H18N2O2. The highest BCUT2D eigenvalue weighted by Gasteiger charge is 2.11. The van der Waals surface area contributed by atoms with Crippen LogP contribution in [0.3, 0.4) is 0 Å². The summed E-state index contributed by atoms with van der Waals surface area (Å²) in [5.74, 6) is 1.61. The average molecular weight is 282 g/mol. The Morgan fingerprint density at radius 3 is 2.24 bits per heavy atom. The first kappa shape index (κ1) is 13.4. The van der Waals surface area contributed by atoms with Crippen LogP contribution in [0.2, 0.25) is 0 Å². The van der Waals surface area contributed by atoms with Crippen molar-refractivity contribution in [3.63, 3.8) is 0 Å². The molecule has 0 radical (unpaired) electrons. The summed E-state index contributed by atoms with van der Waals surface area (Å²) in [6, 6.07) is 13.9. The van der Waals surface area contributed by atoms with Crippen LogP contribution in [-0.4, -0.2) is 18.8 Å². The molecule has 0 unspecified atom stereocenters. The van der Waals surface area contributed by atoms with Crippen LogP contribution in [0.4, 0.5) is 5.69 Å². The zero-order valence-corrected chi connectivity index (χ0v) is 12.4. The van der Waals surface area contributed by atoms with Crippen molar-refractivity contribution in [3.05, 3.63) is 42.5 Å². The van der Waals surface area contributed by atoms with Crippen molar-refractivity contribution in [2.75, 3.05) is 20.0 Å². The molecule has 1 aromatic heterocycles. The normalized spacial score (nSPS) is 10.8. The predicted molar refractivity (Wildman–Crippen MR) is 85.9 cm³/mol. The molecule has 0 aliphatic heterocycles. The van der Waals surface area contributed by atoms with Crippen molar-refractivity contribution in [3.8, 4) is 22.8 Å². The molecule has 21 heavy (non-hydrogen) atoms. The quantitative estimate of drug-likeness (QED) is 0.749. The number of aryl methyl sites for hydroxylation is 1. The zero-order chi connectivity index (χ0) is 15.0. The Labute approximate surface area is 123 Å². The van der Waals surface area contributed by atoms with Gasteiger partial charge in [0, 0.05) is 35.8 Å². The van der Waals surface area contributed by atoms with Gasteiger partial charge in [-0.3, -0.25) is 0 Å². The lowest BCUT2D eigenvalue weighted by molar-refractivity contribution is 0.415. The SMILES string of the molecule is COc1ccc(-c2cc3ccc(OC)cc3n2C)c(N)c1. The highest BCUT2D eigenvalue weighted by molar-refractivity contribution is 5.90. The van der Waals surface area contributed by atoms with Crippen LogP contribution >= 0.6 is 0 Å². The van der Waals surface area contributed by atoms with E-state index >= 15 is 0 Å². The highest BCUT2D eigenvalue weighted by Crippen LogP contribution is 2.34. The summed E-state index contributed by atoms with van der Waals surface area (Å²) in [6.45, 7) is 0. The summed E-state index contributed by atoms with van der Waals surface area (Å²) < 4.78 is 12.6. The maximum atomic E-state index is 6.16. The smallest absolute Gasteiger partial charge is 0.120 e. The predicted octanol–water partition coefficient (Wildman–Crippen LogP) is 3.44. The maximum Gasteiger partial charge on any atom is 0.120 e. The first-order valence-electron chi connectivity index (χ1n) is 6.71. The second-order valence-electron chi connectivity index (χ2n) is 4.97. The summed E-state index contributed by atoms with van der Waals surface area (Å²) >= 11 is 0. The minimum atomic E-state index is 0.701. The van der Waals surface area contributed by atoms with E-state index in [0.29, 0.717) is 5.69 Å². The van der Waals surface area contributed by atoms with E-state index in [1.54, 1.807) is 14.2 Å². The number of nitrogens with zero attached hydrogens (tertiary/aromatic N) is 1. The molecule has 3 aromatic rings. The van der Waals surface area contributed by atoms with Gasteiger partial charge in [-0.2, -0.15) is 0 Å². The van der Waals surface area contributed by atoms with E-state index < -0.39 is 0 Å². The third-order valence-corrected chi connectivity index (χ3v) is 3.79. The van der Waals surface area contributed by atoms with Crippen molar-refractivity contribution in [2.45, 2.75) is 0 Å². The van der Waals surface area contributed by atoms with E-state index in [0.717, 1.165) is 33.7 Å². The molecule has 1 heterocycles. The van der Waals surface area contributed by atoms with Crippen LogP contribution in [0.5, 0.6) is 11.5 Å². The molecule has 2 aromatic carbocycles. The Kier molecular flexibility index (Phi) is 3.22. The molecule has 0 aliphatic rings. The fourth-order valence-corrected chi connectivity index (χ4v) is 2.60. The Balaban J connectivity index is 2.18. The molecule has 3 rings (SSSR count). The summed E-state index contributed by atoms with van der Waals surface area (Å²) in [7, 11) is 5.34. The van der Waals surface area contributed by atoms with Gasteiger partial charge in [-0.25, -0.2) is 0 Å². The summed E-state index contributed by atoms with van der Waals surface area (Å²) in [4.78, 5) is 0. The van der Waals surface area contributed by atoms with E-state index in [1.807, 2.05) is 37.4 Å². The van der Waals surface area contributed by atoms with Crippen molar-refractivity contribution in [2.24, 2.45) is 7.05 Å². The third-order valence-electron chi connectivity index (χ3n) is 3.79. The molecule has 0 spiro atoms. The molecule has 108 valence electrons. The number of methoxy groups -OCH3 is 2. The number of anilines is 1. The molecule has 0 amide bonds. The number of rotatable bonds is 3. The minimum Gasteiger partial charge on any atom is -0.497 e. The second-order valence-corrected chi connectivity index (χ2v) is 4.97. The largest absolute Gasteiger partial charge is 0.497 e. The Bertz CT molecular complexity index is 806. The molecular weight excluding hydrogens is 264 g/mol. The number of hydrogen-bond donors (Lipinski definition) is 1. The van der Waals surface area contributed by atoms with Gasteiger partial charge in [0.15, 0.2) is 0 Å². The number of aromatic nitrogens is 1. The van der Waals surface area contributed by atoms with E-state index in [9.17, 15) is 0 Å². The van der Waals surface area contributed by atoms with Crippen LogP contribution < -0.4 is 15.2 Å². The highest BCUT2D eigenvalue weighted by atomic mass is 16.5. The van der Waals surface area contributed by atoms with Crippen LogP contribution in [0, 0.1) is 0 Å². The molecule has 0 fully saturated rings. The minimum absolute atomic E-state index is 0.701. The fourth-order valence-electron chi connectivity index (χ4n) is 2.60. The Morgan fingerprint density at radius 1 is 0.905 bits per heavy atom. The van der Waals surface area contributed by atoms with Crippen LogP contribution in [-0.2, 0) is 7.05 Å². The number of benzene rings is 2. The van der Waals surface area contributed by atoms with E-state index in [4.69, 9.17) is 15.2 Å². The summed E-state index contributed by atoms with van der Waals surface area (Å²) in [5.41, 5.74) is 10.0. The maximum absolute atomic E-state index is 6.16. The Hall–Kier alpha value is -2.62. The number of nitrogen functional groups attached to an aromatic ring is 1. The van der Waals surface area contributed by atoms with Crippen LogP contribution in [0.1, 0.15) is 0 Å². The lowest BCUT2D eigenvalue weighted by atomic mass is 10.1. The molecule has 0 bridgehead atoms. The lowest BCUT2D eigenvalue weighted by Gasteiger charge is -2.09. The monoisotopic (exact) mass is 282 g/mol. The van der Waals surface area contributed by atoms with Crippen molar-refractivity contribution >= 4 is 16.6 Å².